The van der Waals surface area contributed by atoms with Gasteiger partial charge in [0.2, 0.25) is 0 Å². The molecule has 2 aliphatic rings. The molecule has 2 aromatic rings. The largest absolute Gasteiger partial charge is 0.378 e. The summed E-state index contributed by atoms with van der Waals surface area (Å²) in [6.07, 6.45) is 3.20. The lowest BCUT2D eigenvalue weighted by atomic mass is 10.1. The average Bonchev–Trinajstić information content (AvgIpc) is 2.96. The predicted molar refractivity (Wildman–Crippen MR) is 102 cm³/mol. The Morgan fingerprint density at radius 3 is 2.79 bits per heavy atom. The Morgan fingerprint density at radius 1 is 1.17 bits per heavy atom. The minimum Gasteiger partial charge on any atom is -0.378 e. The third-order valence-corrected chi connectivity index (χ3v) is 4.97. The third kappa shape index (κ3) is 2.69. The van der Waals surface area contributed by atoms with Crippen LogP contribution in [0.15, 0.2) is 53.0 Å². The summed E-state index contributed by atoms with van der Waals surface area (Å²) in [5.74, 6) is 1.10. The molecule has 0 aliphatic carbocycles. The van der Waals surface area contributed by atoms with Crippen molar-refractivity contribution in [3.63, 3.8) is 0 Å². The van der Waals surface area contributed by atoms with E-state index in [0.717, 1.165) is 47.3 Å². The van der Waals surface area contributed by atoms with Gasteiger partial charge in [-0.2, -0.15) is 0 Å². The van der Waals surface area contributed by atoms with Gasteiger partial charge in [-0.15, -0.1) is 0 Å². The molecule has 2 aromatic carbocycles. The van der Waals surface area contributed by atoms with Crippen LogP contribution in [0.5, 0.6) is 0 Å². The van der Waals surface area contributed by atoms with Gasteiger partial charge < -0.3 is 9.80 Å². The zero-order chi connectivity index (χ0) is 16.7. The summed E-state index contributed by atoms with van der Waals surface area (Å²) in [5.41, 5.74) is 5.82. The molecule has 1 fully saturated rings. The first-order valence-corrected chi connectivity index (χ1v) is 8.59. The van der Waals surface area contributed by atoms with Gasteiger partial charge in [0.15, 0.2) is 0 Å². The quantitative estimate of drug-likeness (QED) is 0.788. The lowest BCUT2D eigenvalue weighted by molar-refractivity contribution is 0.443. The summed E-state index contributed by atoms with van der Waals surface area (Å²) in [6, 6.07) is 14.6. The van der Waals surface area contributed by atoms with Crippen molar-refractivity contribution in [2.75, 3.05) is 25.5 Å². The fourth-order valence-corrected chi connectivity index (χ4v) is 3.51. The molecule has 4 rings (SSSR count). The van der Waals surface area contributed by atoms with Gasteiger partial charge in [0.25, 0.3) is 0 Å². The van der Waals surface area contributed by atoms with E-state index >= 15 is 0 Å². The normalized spacial score (nSPS) is 17.5. The van der Waals surface area contributed by atoms with Crippen LogP contribution in [0.2, 0.25) is 5.02 Å². The van der Waals surface area contributed by atoms with Gasteiger partial charge in [0.1, 0.15) is 5.84 Å². The Hall–Kier alpha value is -2.26. The fraction of sp³-hybridized carbons (Fsp3) is 0.250. The molecular weight excluding hydrogens is 318 g/mol. The number of amidine groups is 1. The Labute approximate surface area is 147 Å². The fourth-order valence-electron chi connectivity index (χ4n) is 3.28. The highest BCUT2D eigenvalue weighted by Gasteiger charge is 2.28. The molecule has 0 bridgehead atoms. The van der Waals surface area contributed by atoms with E-state index in [2.05, 4.69) is 46.2 Å². The van der Waals surface area contributed by atoms with Gasteiger partial charge in [0, 0.05) is 37.9 Å². The molecule has 0 radical (unpaired) electrons. The maximum atomic E-state index is 6.48. The number of halogens is 1. The molecular formula is C20H20ClN3. The first-order valence-electron chi connectivity index (χ1n) is 8.21. The average molecular weight is 338 g/mol. The van der Waals surface area contributed by atoms with Crippen molar-refractivity contribution in [2.24, 2.45) is 4.99 Å². The van der Waals surface area contributed by atoms with E-state index in [1.165, 1.54) is 11.1 Å². The number of anilines is 1. The van der Waals surface area contributed by atoms with Crippen LogP contribution < -0.4 is 4.90 Å². The van der Waals surface area contributed by atoms with Gasteiger partial charge in [-0.25, -0.2) is 4.99 Å². The molecule has 0 unspecified atom stereocenters. The lowest BCUT2D eigenvalue weighted by Crippen LogP contribution is -2.27. The summed E-state index contributed by atoms with van der Waals surface area (Å²) >= 11 is 6.48. The second-order valence-electron chi connectivity index (χ2n) is 6.51. The molecule has 2 aliphatic heterocycles. The van der Waals surface area contributed by atoms with E-state index < -0.39 is 0 Å². The Morgan fingerprint density at radius 2 is 2.00 bits per heavy atom. The van der Waals surface area contributed by atoms with Crippen LogP contribution in [0.1, 0.15) is 17.5 Å². The Kier molecular flexibility index (Phi) is 3.81. The van der Waals surface area contributed by atoms with Crippen LogP contribution in [0.25, 0.3) is 6.08 Å². The minimum absolute atomic E-state index is 0.781. The van der Waals surface area contributed by atoms with Crippen molar-refractivity contribution in [1.82, 2.24) is 4.90 Å². The summed E-state index contributed by atoms with van der Waals surface area (Å²) in [4.78, 5) is 9.30. The highest BCUT2D eigenvalue weighted by atomic mass is 35.5. The van der Waals surface area contributed by atoms with E-state index in [0.29, 0.717) is 0 Å². The van der Waals surface area contributed by atoms with Crippen LogP contribution in [-0.2, 0) is 6.54 Å². The first kappa shape index (κ1) is 15.3. The summed E-state index contributed by atoms with van der Waals surface area (Å²) < 4.78 is 0. The van der Waals surface area contributed by atoms with Gasteiger partial charge in [-0.05, 0) is 47.4 Å². The molecule has 0 saturated carbocycles. The second kappa shape index (κ2) is 5.99. The van der Waals surface area contributed by atoms with Gasteiger partial charge >= 0.3 is 0 Å². The number of hydrogen-bond donors (Lipinski definition) is 0. The van der Waals surface area contributed by atoms with E-state index in [4.69, 9.17) is 16.6 Å². The number of benzene rings is 2. The van der Waals surface area contributed by atoms with Crippen molar-refractivity contribution >= 4 is 34.9 Å². The van der Waals surface area contributed by atoms with Crippen LogP contribution in [0.4, 0.5) is 11.4 Å². The maximum Gasteiger partial charge on any atom is 0.132 e. The molecule has 1 saturated heterocycles. The lowest BCUT2D eigenvalue weighted by Gasteiger charge is -2.24. The Balaban J connectivity index is 1.70. The minimum atomic E-state index is 0.781. The molecule has 4 heteroatoms. The van der Waals surface area contributed by atoms with Crippen molar-refractivity contribution < 1.29 is 0 Å². The standard InChI is InChI=1S/C20H20ClN3/c1-23(2)17-8-7-14(18(21)12-17)11-15-9-10-24-13-16-5-3-4-6-19(16)22-20(15)24/h3-8,11-12H,9-10,13H2,1-2H3/b15-11+. The zero-order valence-corrected chi connectivity index (χ0v) is 14.7. The summed E-state index contributed by atoms with van der Waals surface area (Å²) in [7, 11) is 4.04. The number of fused-ring (bicyclic) bond motifs is 2. The van der Waals surface area contributed by atoms with Crippen LogP contribution in [0.3, 0.4) is 0 Å². The molecule has 122 valence electrons. The van der Waals surface area contributed by atoms with Gasteiger partial charge in [0.05, 0.1) is 5.69 Å². The highest BCUT2D eigenvalue weighted by Crippen LogP contribution is 2.34. The van der Waals surface area contributed by atoms with Crippen molar-refractivity contribution in [1.29, 1.82) is 0 Å². The van der Waals surface area contributed by atoms with Crippen LogP contribution in [0, 0.1) is 0 Å². The maximum absolute atomic E-state index is 6.48. The molecule has 0 amide bonds. The zero-order valence-electron chi connectivity index (χ0n) is 14.0. The van der Waals surface area contributed by atoms with Gasteiger partial charge in [-0.3, -0.25) is 0 Å². The monoisotopic (exact) mass is 337 g/mol. The summed E-state index contributed by atoms with van der Waals surface area (Å²) in [5, 5.41) is 0.781. The number of hydrogen-bond acceptors (Lipinski definition) is 3. The van der Waals surface area contributed by atoms with E-state index in [1.807, 2.05) is 26.2 Å². The SMILES string of the molecule is CN(C)c1ccc(/C=C2\CCN3Cc4ccccc4N=C23)c(Cl)c1. The van der Waals surface area contributed by atoms with Crippen molar-refractivity contribution in [3.8, 4) is 0 Å². The molecule has 0 spiro atoms. The van der Waals surface area contributed by atoms with E-state index in [-0.39, 0.29) is 0 Å². The first-order chi connectivity index (χ1) is 11.6. The molecule has 3 nitrogen and oxygen atoms in total. The molecule has 24 heavy (non-hydrogen) atoms. The molecule has 0 atom stereocenters. The van der Waals surface area contributed by atoms with Crippen LogP contribution in [-0.4, -0.2) is 31.4 Å². The smallest absolute Gasteiger partial charge is 0.132 e. The van der Waals surface area contributed by atoms with Crippen molar-refractivity contribution in [2.45, 2.75) is 13.0 Å². The second-order valence-corrected chi connectivity index (χ2v) is 6.91. The number of nitrogens with zero attached hydrogens (tertiary/aromatic N) is 3. The van der Waals surface area contributed by atoms with Crippen LogP contribution >= 0.6 is 11.6 Å². The molecule has 0 N–H and O–H groups in total. The van der Waals surface area contributed by atoms with E-state index in [9.17, 15) is 0 Å². The van der Waals surface area contributed by atoms with Gasteiger partial charge in [-0.1, -0.05) is 35.9 Å². The highest BCUT2D eigenvalue weighted by molar-refractivity contribution is 6.32. The number of rotatable bonds is 2. The molecule has 2 heterocycles. The predicted octanol–water partition coefficient (Wildman–Crippen LogP) is 4.74. The van der Waals surface area contributed by atoms with E-state index in [1.54, 1.807) is 0 Å². The van der Waals surface area contributed by atoms with Crippen molar-refractivity contribution in [3.05, 3.63) is 64.2 Å². The third-order valence-electron chi connectivity index (χ3n) is 4.65. The number of aliphatic imine (C=N–C) groups is 1. The topological polar surface area (TPSA) is 18.8 Å². The Bertz CT molecular complexity index is 852. The molecule has 0 aromatic heterocycles. The number of para-hydroxylation sites is 1. The summed E-state index contributed by atoms with van der Waals surface area (Å²) in [6.45, 7) is 1.96.